The Hall–Kier alpha value is -4.76. The summed E-state index contributed by atoms with van der Waals surface area (Å²) in [4.78, 5) is 25.0. The lowest BCUT2D eigenvalue weighted by Gasteiger charge is -2.46. The second-order valence-electron chi connectivity index (χ2n) is 13.9. The molecular formula is C38H44N8O3. The highest BCUT2D eigenvalue weighted by atomic mass is 16.5. The van der Waals surface area contributed by atoms with E-state index in [-0.39, 0.29) is 17.5 Å². The van der Waals surface area contributed by atoms with Crippen LogP contribution in [0.25, 0.3) is 22.2 Å². The summed E-state index contributed by atoms with van der Waals surface area (Å²) in [5.41, 5.74) is 9.80. The van der Waals surface area contributed by atoms with Crippen molar-refractivity contribution in [1.29, 1.82) is 5.26 Å². The highest BCUT2D eigenvalue weighted by molar-refractivity contribution is 6.01. The number of nitrogens with zero attached hydrogens (tertiary/aromatic N) is 7. The van der Waals surface area contributed by atoms with Crippen molar-refractivity contribution in [3.8, 4) is 28.8 Å². The number of piperidine rings is 1. The van der Waals surface area contributed by atoms with Crippen molar-refractivity contribution in [3.63, 3.8) is 0 Å². The van der Waals surface area contributed by atoms with E-state index in [1.54, 1.807) is 6.20 Å². The Balaban J connectivity index is 1.11. The molecule has 0 aliphatic carbocycles. The number of ether oxygens (including phenoxy) is 2. The number of amides is 1. The van der Waals surface area contributed by atoms with Gasteiger partial charge in [-0.1, -0.05) is 18.2 Å². The third-order valence-corrected chi connectivity index (χ3v) is 10.2. The van der Waals surface area contributed by atoms with Gasteiger partial charge in [-0.2, -0.15) is 10.4 Å². The Labute approximate surface area is 287 Å². The first kappa shape index (κ1) is 32.8. The smallest absolute Gasteiger partial charge is 0.264 e. The normalized spacial score (nSPS) is 19.8. The number of carbonyl (C=O) groups excluding carboxylic acids is 1. The first-order chi connectivity index (χ1) is 23.7. The molecule has 3 fully saturated rings. The quantitative estimate of drug-likeness (QED) is 0.201. The summed E-state index contributed by atoms with van der Waals surface area (Å²) < 4.78 is 13.5. The number of hydrogen-bond acceptors (Lipinski definition) is 9. The highest BCUT2D eigenvalue weighted by Crippen LogP contribution is 2.37. The van der Waals surface area contributed by atoms with Gasteiger partial charge in [0.05, 0.1) is 36.2 Å². The number of fused-ring (bicyclic) bond motifs is 1. The predicted molar refractivity (Wildman–Crippen MR) is 189 cm³/mol. The van der Waals surface area contributed by atoms with Gasteiger partial charge in [-0.25, -0.2) is 4.98 Å². The van der Waals surface area contributed by atoms with Gasteiger partial charge in [0.1, 0.15) is 34.7 Å². The fraction of sp³-hybridized carbons (Fsp3) is 0.421. The van der Waals surface area contributed by atoms with Crippen LogP contribution in [0.4, 0.5) is 5.82 Å². The molecule has 0 bridgehead atoms. The lowest BCUT2D eigenvalue weighted by atomic mass is 9.96. The molecule has 5 heterocycles. The van der Waals surface area contributed by atoms with Gasteiger partial charge in [0, 0.05) is 56.6 Å². The van der Waals surface area contributed by atoms with E-state index in [1.165, 1.54) is 0 Å². The van der Waals surface area contributed by atoms with E-state index in [2.05, 4.69) is 34.7 Å². The van der Waals surface area contributed by atoms with Gasteiger partial charge >= 0.3 is 0 Å². The van der Waals surface area contributed by atoms with Gasteiger partial charge in [-0.05, 0) is 81.7 Å². The predicted octanol–water partition coefficient (Wildman–Crippen LogP) is 5.19. The minimum atomic E-state index is -0.435. The zero-order valence-electron chi connectivity index (χ0n) is 28.5. The van der Waals surface area contributed by atoms with Gasteiger partial charge < -0.3 is 20.1 Å². The van der Waals surface area contributed by atoms with Crippen LogP contribution in [0.3, 0.4) is 0 Å². The summed E-state index contributed by atoms with van der Waals surface area (Å²) in [6.07, 6.45) is 5.21. The highest BCUT2D eigenvalue weighted by Gasteiger charge is 2.35. The Morgan fingerprint density at radius 3 is 2.51 bits per heavy atom. The van der Waals surface area contributed by atoms with Gasteiger partial charge in [-0.3, -0.25) is 19.3 Å². The Bertz CT molecular complexity index is 1900. The van der Waals surface area contributed by atoms with Crippen LogP contribution in [0.2, 0.25) is 0 Å². The molecular weight excluding hydrogens is 616 g/mol. The molecule has 0 unspecified atom stereocenters. The SMILES string of the molecule is Cc1cc(Oc2ccccc2)ccc1-c1nn([C@@H]2CCCN(C(=O)/C(C#N)=C\C(C)(C)N3CCN(C4COC4)CC3)C2)c2ccnc(N)c12. The van der Waals surface area contributed by atoms with E-state index in [1.807, 2.05) is 77.2 Å². The van der Waals surface area contributed by atoms with Crippen molar-refractivity contribution in [2.45, 2.75) is 51.2 Å². The van der Waals surface area contributed by atoms with Crippen molar-refractivity contribution in [2.75, 3.05) is 58.2 Å². The second kappa shape index (κ2) is 13.6. The Morgan fingerprint density at radius 1 is 1.04 bits per heavy atom. The molecule has 2 aromatic carbocycles. The fourth-order valence-electron chi connectivity index (χ4n) is 7.36. The number of aryl methyl sites for hydroxylation is 1. The van der Waals surface area contributed by atoms with E-state index in [4.69, 9.17) is 20.3 Å². The van der Waals surface area contributed by atoms with E-state index >= 15 is 0 Å². The molecule has 7 rings (SSSR count). The van der Waals surface area contributed by atoms with Crippen LogP contribution in [0.1, 0.15) is 38.3 Å². The molecule has 2 N–H and O–H groups in total. The summed E-state index contributed by atoms with van der Waals surface area (Å²) in [5.74, 6) is 1.68. The average molecular weight is 661 g/mol. The summed E-state index contributed by atoms with van der Waals surface area (Å²) in [6.45, 7) is 12.6. The Morgan fingerprint density at radius 2 is 1.82 bits per heavy atom. The molecule has 3 aliphatic heterocycles. The number of anilines is 1. The maximum absolute atomic E-state index is 13.9. The third-order valence-electron chi connectivity index (χ3n) is 10.2. The monoisotopic (exact) mass is 660 g/mol. The second-order valence-corrected chi connectivity index (χ2v) is 13.9. The van der Waals surface area contributed by atoms with Crippen molar-refractivity contribution in [1.82, 2.24) is 29.5 Å². The molecule has 254 valence electrons. The number of aromatic nitrogens is 3. The summed E-state index contributed by atoms with van der Waals surface area (Å²) in [6, 6.07) is 20.2. The number of nitrogens with two attached hydrogens (primary N) is 1. The van der Waals surface area contributed by atoms with Crippen LogP contribution < -0.4 is 10.5 Å². The largest absolute Gasteiger partial charge is 0.457 e. The standard InChI is InChI=1S/C38H44N8O3/c1-26-20-31(49-30-9-5-4-6-10-30)11-12-32(26)35-34-33(13-14-41-36(34)40)46(42-35)28-8-7-15-44(23-28)37(47)27(22-39)21-38(2,3)45-18-16-43(17-19-45)29-24-48-25-29/h4-6,9-14,20-21,28-29H,7-8,15-19,23-25H2,1-3H3,(H2,40,41)/b27-21-/t28-/m1/s1. The molecule has 4 aromatic rings. The fourth-order valence-corrected chi connectivity index (χ4v) is 7.36. The van der Waals surface area contributed by atoms with Gasteiger partial charge in [-0.15, -0.1) is 0 Å². The van der Waals surface area contributed by atoms with E-state index in [0.717, 1.165) is 91.5 Å². The van der Waals surface area contributed by atoms with Crippen molar-refractivity contribution in [2.24, 2.45) is 0 Å². The first-order valence-corrected chi connectivity index (χ1v) is 17.2. The molecule has 49 heavy (non-hydrogen) atoms. The first-order valence-electron chi connectivity index (χ1n) is 17.2. The molecule has 3 aliphatic rings. The number of nitrogen functional groups attached to an aromatic ring is 1. The van der Waals surface area contributed by atoms with Crippen molar-refractivity contribution >= 4 is 22.6 Å². The molecule has 2 aromatic heterocycles. The van der Waals surface area contributed by atoms with Gasteiger partial charge in [0.2, 0.25) is 0 Å². The molecule has 11 nitrogen and oxygen atoms in total. The van der Waals surface area contributed by atoms with Crippen LogP contribution in [0, 0.1) is 18.3 Å². The molecule has 1 amide bonds. The number of nitriles is 1. The van der Waals surface area contributed by atoms with E-state index < -0.39 is 5.54 Å². The van der Waals surface area contributed by atoms with Crippen LogP contribution in [-0.2, 0) is 9.53 Å². The number of likely N-dealkylation sites (tertiary alicyclic amines) is 1. The summed E-state index contributed by atoms with van der Waals surface area (Å²) in [7, 11) is 0. The van der Waals surface area contributed by atoms with Crippen molar-refractivity contribution < 1.29 is 14.3 Å². The number of hydrogen-bond donors (Lipinski definition) is 1. The zero-order valence-corrected chi connectivity index (χ0v) is 28.5. The van der Waals surface area contributed by atoms with Gasteiger partial charge in [0.25, 0.3) is 5.91 Å². The third kappa shape index (κ3) is 6.64. The molecule has 0 saturated carbocycles. The lowest BCUT2D eigenvalue weighted by molar-refractivity contribution is -0.128. The molecule has 1 atom stereocenters. The minimum Gasteiger partial charge on any atom is -0.457 e. The number of pyridine rings is 1. The summed E-state index contributed by atoms with van der Waals surface area (Å²) in [5, 5.41) is 16.1. The van der Waals surface area contributed by atoms with Crippen LogP contribution in [0.15, 0.2) is 72.4 Å². The number of para-hydroxylation sites is 1. The number of rotatable bonds is 8. The molecule has 0 spiro atoms. The zero-order chi connectivity index (χ0) is 34.1. The summed E-state index contributed by atoms with van der Waals surface area (Å²) >= 11 is 0. The average Bonchev–Trinajstić information content (AvgIpc) is 3.48. The number of carbonyl (C=O) groups is 1. The number of benzene rings is 2. The van der Waals surface area contributed by atoms with Crippen molar-refractivity contribution in [3.05, 3.63) is 78.0 Å². The van der Waals surface area contributed by atoms with E-state index in [0.29, 0.717) is 24.9 Å². The van der Waals surface area contributed by atoms with Crippen LogP contribution >= 0.6 is 0 Å². The molecule has 3 saturated heterocycles. The maximum Gasteiger partial charge on any atom is 0.264 e. The number of piperazine rings is 1. The lowest BCUT2D eigenvalue weighted by Crippen LogP contribution is -2.59. The minimum absolute atomic E-state index is 0.0896. The van der Waals surface area contributed by atoms with Gasteiger partial charge in [0.15, 0.2) is 0 Å². The van der Waals surface area contributed by atoms with Crippen LogP contribution in [0.5, 0.6) is 11.5 Å². The maximum atomic E-state index is 13.9. The molecule has 0 radical (unpaired) electrons. The van der Waals surface area contributed by atoms with Crippen LogP contribution in [-0.4, -0.2) is 99.4 Å². The van der Waals surface area contributed by atoms with E-state index in [9.17, 15) is 10.1 Å². The Kier molecular flexibility index (Phi) is 9.11. The topological polar surface area (TPSA) is 126 Å². The molecule has 11 heteroatoms.